The number of hydrogen-bond donors (Lipinski definition) is 0. The Morgan fingerprint density at radius 3 is 1.86 bits per heavy atom. The molecule has 0 atom stereocenters. The average molecular weight is 313 g/mol. The summed E-state index contributed by atoms with van der Waals surface area (Å²) in [6.07, 6.45) is 1.30. The minimum Gasteiger partial charge on any atom is -0.450 e. The number of carbonyl (C=O) groups excluding carboxylic acids is 3. The van der Waals surface area contributed by atoms with Crippen LogP contribution < -0.4 is 0 Å². The molecule has 3 amide bonds. The van der Waals surface area contributed by atoms with E-state index in [2.05, 4.69) is 0 Å². The zero-order chi connectivity index (χ0) is 16.5. The summed E-state index contributed by atoms with van der Waals surface area (Å²) in [7, 11) is 0. The van der Waals surface area contributed by atoms with Crippen molar-refractivity contribution in [1.29, 1.82) is 0 Å². The van der Waals surface area contributed by atoms with E-state index in [4.69, 9.17) is 4.74 Å². The second-order valence-corrected chi connectivity index (χ2v) is 5.27. The molecule has 0 radical (unpaired) electrons. The molecule has 7 heteroatoms. The van der Waals surface area contributed by atoms with Gasteiger partial charge in [-0.2, -0.15) is 0 Å². The van der Waals surface area contributed by atoms with E-state index in [1.807, 2.05) is 13.8 Å². The van der Waals surface area contributed by atoms with Gasteiger partial charge >= 0.3 is 17.9 Å². The number of amides is 3. The maximum Gasteiger partial charge on any atom is 0.409 e. The maximum atomic E-state index is 12.3. The molecule has 1 saturated heterocycles. The van der Waals surface area contributed by atoms with E-state index in [1.54, 1.807) is 16.7 Å². The van der Waals surface area contributed by atoms with Gasteiger partial charge < -0.3 is 19.4 Å². The largest absolute Gasteiger partial charge is 0.450 e. The lowest BCUT2D eigenvalue weighted by Crippen LogP contribution is -2.54. The molecule has 0 N–H and O–H groups in total. The topological polar surface area (TPSA) is 70.2 Å². The summed E-state index contributed by atoms with van der Waals surface area (Å²) >= 11 is 0. The highest BCUT2D eigenvalue weighted by atomic mass is 16.6. The van der Waals surface area contributed by atoms with Crippen LogP contribution in [0.3, 0.4) is 0 Å². The Balaban J connectivity index is 2.53. The van der Waals surface area contributed by atoms with Crippen LogP contribution in [0.25, 0.3) is 0 Å². The van der Waals surface area contributed by atoms with E-state index in [1.165, 1.54) is 4.90 Å². The van der Waals surface area contributed by atoms with Crippen molar-refractivity contribution in [1.82, 2.24) is 14.7 Å². The van der Waals surface area contributed by atoms with Crippen molar-refractivity contribution in [3.8, 4) is 0 Å². The van der Waals surface area contributed by atoms with Crippen LogP contribution in [0.5, 0.6) is 0 Å². The molecule has 0 aromatic rings. The Hall–Kier alpha value is -1.79. The SMILES string of the molecule is CCCN(CCC)C(=O)C(=O)N1CCN(C(=O)OCC)CC1. The molecule has 0 spiro atoms. The van der Waals surface area contributed by atoms with Crippen LogP contribution in [0.4, 0.5) is 4.79 Å². The smallest absolute Gasteiger partial charge is 0.409 e. The minimum absolute atomic E-state index is 0.333. The van der Waals surface area contributed by atoms with Gasteiger partial charge in [0.05, 0.1) is 6.61 Å². The van der Waals surface area contributed by atoms with Gasteiger partial charge in [-0.3, -0.25) is 9.59 Å². The minimum atomic E-state index is -0.467. The quantitative estimate of drug-likeness (QED) is 0.708. The molecular weight excluding hydrogens is 286 g/mol. The summed E-state index contributed by atoms with van der Waals surface area (Å²) in [6, 6.07) is 0. The monoisotopic (exact) mass is 313 g/mol. The van der Waals surface area contributed by atoms with Crippen LogP contribution in [0.15, 0.2) is 0 Å². The predicted molar refractivity (Wildman–Crippen MR) is 82.3 cm³/mol. The fraction of sp³-hybridized carbons (Fsp3) is 0.800. The van der Waals surface area contributed by atoms with Crippen LogP contribution in [-0.4, -0.2) is 78.5 Å². The van der Waals surface area contributed by atoms with Gasteiger partial charge in [0, 0.05) is 39.3 Å². The molecule has 1 heterocycles. The molecule has 1 rings (SSSR count). The second kappa shape index (κ2) is 9.27. The van der Waals surface area contributed by atoms with Crippen LogP contribution in [0.2, 0.25) is 0 Å². The highest BCUT2D eigenvalue weighted by Gasteiger charge is 2.30. The van der Waals surface area contributed by atoms with Crippen molar-refractivity contribution in [2.45, 2.75) is 33.6 Å². The van der Waals surface area contributed by atoms with Gasteiger partial charge in [-0.1, -0.05) is 13.8 Å². The van der Waals surface area contributed by atoms with E-state index in [0.717, 1.165) is 12.8 Å². The van der Waals surface area contributed by atoms with E-state index in [0.29, 0.717) is 45.9 Å². The highest BCUT2D eigenvalue weighted by Crippen LogP contribution is 2.06. The third kappa shape index (κ3) is 4.89. The van der Waals surface area contributed by atoms with E-state index >= 15 is 0 Å². The van der Waals surface area contributed by atoms with E-state index in [9.17, 15) is 14.4 Å². The molecule has 1 aliphatic heterocycles. The number of carbonyl (C=O) groups is 3. The zero-order valence-electron chi connectivity index (χ0n) is 13.8. The first kappa shape index (κ1) is 18.3. The first-order valence-corrected chi connectivity index (χ1v) is 8.04. The predicted octanol–water partition coefficient (Wildman–Crippen LogP) is 0.936. The van der Waals surface area contributed by atoms with Gasteiger partial charge in [0.15, 0.2) is 0 Å². The maximum absolute atomic E-state index is 12.3. The standard InChI is InChI=1S/C15H27N3O4/c1-4-7-16(8-5-2)13(19)14(20)17-9-11-18(12-10-17)15(21)22-6-3/h4-12H2,1-3H3. The third-order valence-electron chi connectivity index (χ3n) is 3.55. The first-order valence-electron chi connectivity index (χ1n) is 8.04. The summed E-state index contributed by atoms with van der Waals surface area (Å²) in [4.78, 5) is 40.9. The van der Waals surface area contributed by atoms with Gasteiger partial charge in [-0.25, -0.2) is 4.79 Å². The molecule has 0 saturated carbocycles. The van der Waals surface area contributed by atoms with Crippen molar-refractivity contribution in [2.75, 3.05) is 45.9 Å². The molecule has 0 aromatic heterocycles. The third-order valence-corrected chi connectivity index (χ3v) is 3.55. The number of piperazine rings is 1. The van der Waals surface area contributed by atoms with Crippen molar-refractivity contribution in [2.24, 2.45) is 0 Å². The lowest BCUT2D eigenvalue weighted by Gasteiger charge is -2.34. The zero-order valence-corrected chi connectivity index (χ0v) is 13.8. The van der Waals surface area contributed by atoms with Crippen molar-refractivity contribution in [3.05, 3.63) is 0 Å². The average Bonchev–Trinajstić information content (AvgIpc) is 2.53. The van der Waals surface area contributed by atoms with Gasteiger partial charge in [-0.15, -0.1) is 0 Å². The highest BCUT2D eigenvalue weighted by molar-refractivity contribution is 6.34. The van der Waals surface area contributed by atoms with Crippen molar-refractivity contribution >= 4 is 17.9 Å². The van der Waals surface area contributed by atoms with Crippen LogP contribution in [0, 0.1) is 0 Å². The molecule has 0 aliphatic carbocycles. The molecule has 1 fully saturated rings. The van der Waals surface area contributed by atoms with Crippen molar-refractivity contribution < 1.29 is 19.1 Å². The molecule has 126 valence electrons. The normalized spacial score (nSPS) is 14.7. The van der Waals surface area contributed by atoms with E-state index in [-0.39, 0.29) is 6.09 Å². The summed E-state index contributed by atoms with van der Waals surface area (Å²) in [5.41, 5.74) is 0. The Bertz CT molecular complexity index is 386. The van der Waals surface area contributed by atoms with Gasteiger partial charge in [-0.05, 0) is 19.8 Å². The molecule has 7 nitrogen and oxygen atoms in total. The van der Waals surface area contributed by atoms with Crippen LogP contribution >= 0.6 is 0 Å². The Morgan fingerprint density at radius 1 is 0.909 bits per heavy atom. The van der Waals surface area contributed by atoms with E-state index < -0.39 is 11.8 Å². The number of nitrogens with zero attached hydrogens (tertiary/aromatic N) is 3. The molecule has 0 unspecified atom stereocenters. The van der Waals surface area contributed by atoms with Crippen molar-refractivity contribution in [3.63, 3.8) is 0 Å². The number of hydrogen-bond acceptors (Lipinski definition) is 4. The van der Waals surface area contributed by atoms with Gasteiger partial charge in [0.2, 0.25) is 0 Å². The van der Waals surface area contributed by atoms with Gasteiger partial charge in [0.25, 0.3) is 0 Å². The summed E-state index contributed by atoms with van der Waals surface area (Å²) in [5, 5.41) is 0. The molecule has 22 heavy (non-hydrogen) atoms. The summed E-state index contributed by atoms with van der Waals surface area (Å²) < 4.78 is 4.94. The fourth-order valence-electron chi connectivity index (χ4n) is 2.43. The van der Waals surface area contributed by atoms with Crippen LogP contribution in [0.1, 0.15) is 33.6 Å². The lowest BCUT2D eigenvalue weighted by atomic mass is 10.3. The van der Waals surface area contributed by atoms with Gasteiger partial charge in [0.1, 0.15) is 0 Å². The fourth-order valence-corrected chi connectivity index (χ4v) is 2.43. The molecular formula is C15H27N3O4. The second-order valence-electron chi connectivity index (χ2n) is 5.27. The summed E-state index contributed by atoms with van der Waals surface area (Å²) in [5.74, 6) is -0.904. The molecule has 1 aliphatic rings. The number of ether oxygens (including phenoxy) is 1. The number of rotatable bonds is 5. The lowest BCUT2D eigenvalue weighted by molar-refractivity contribution is -0.152. The Kier molecular flexibility index (Phi) is 7.70. The molecule has 0 aromatic carbocycles. The Morgan fingerprint density at radius 2 is 1.41 bits per heavy atom. The Labute approximate surface area is 132 Å². The summed E-state index contributed by atoms with van der Waals surface area (Å²) in [6.45, 7) is 8.80. The van der Waals surface area contributed by atoms with Crippen LogP contribution in [-0.2, 0) is 14.3 Å². The molecule has 0 bridgehead atoms. The first-order chi connectivity index (χ1) is 10.5.